The zero-order valence-corrected chi connectivity index (χ0v) is 36.4. The summed E-state index contributed by atoms with van der Waals surface area (Å²) in [6.07, 6.45) is 11.3. The zero-order chi connectivity index (χ0) is 43.0. The van der Waals surface area contributed by atoms with Gasteiger partial charge in [0, 0.05) is 47.7 Å². The SMILES string of the molecule is CC(C)(C)OC(=O)N[C@H](Cc1cc2ccccc2[nH]1)C(=O)N[C@@H](Cc1c[nH]c2ccccc12)C(=O)NCCCCCCCCCCCCOP(=O)(O)Oc1ccccc1Cl. The Morgan fingerprint density at radius 1 is 0.767 bits per heavy atom. The molecule has 0 saturated carbocycles. The Balaban J connectivity index is 1.05. The predicted molar refractivity (Wildman–Crippen MR) is 236 cm³/mol. The number of nitrogens with one attached hydrogen (secondary N) is 5. The smallest absolute Gasteiger partial charge is 0.444 e. The van der Waals surface area contributed by atoms with Crippen molar-refractivity contribution in [1.29, 1.82) is 0 Å². The highest BCUT2D eigenvalue weighted by Crippen LogP contribution is 2.45. The molecule has 6 N–H and O–H groups in total. The molecule has 0 fully saturated rings. The number of unbranched alkanes of at least 4 members (excludes halogenated alkanes) is 9. The molecule has 13 nitrogen and oxygen atoms in total. The van der Waals surface area contributed by atoms with E-state index in [1.807, 2.05) is 60.8 Å². The van der Waals surface area contributed by atoms with Gasteiger partial charge in [-0.3, -0.25) is 19.0 Å². The Hall–Kier alpha value is -4.81. The van der Waals surface area contributed by atoms with Crippen LogP contribution in [0.2, 0.25) is 5.02 Å². The standard InChI is InChI=1S/C45H59ClN5O8P/c1-45(2,3)58-44(54)51-40(30-34-28-32-20-12-15-23-37(32)49-34)43(53)50-39(29-33-31-48-38-24-16-13-21-35(33)38)42(52)47-26-18-10-8-6-4-5-7-9-11-19-27-57-60(55,56)59-41-25-17-14-22-36(41)46/h12-17,20-25,28,31,39-40,48-49H,4-11,18-19,26-27,29-30H2,1-3H3,(H,47,52)(H,50,53)(H,51,54)(H,55,56)/t39-,40+/m0/s1. The molecule has 324 valence electrons. The van der Waals surface area contributed by atoms with Gasteiger partial charge in [0.2, 0.25) is 11.8 Å². The molecule has 3 aromatic carbocycles. The molecule has 0 bridgehead atoms. The monoisotopic (exact) mass is 863 g/mol. The van der Waals surface area contributed by atoms with E-state index < -0.39 is 37.5 Å². The Labute approximate surface area is 357 Å². The highest BCUT2D eigenvalue weighted by Gasteiger charge is 2.30. The minimum absolute atomic E-state index is 0.112. The van der Waals surface area contributed by atoms with Crippen LogP contribution in [0.15, 0.2) is 85.1 Å². The molecule has 0 radical (unpaired) electrons. The number of ether oxygens (including phenoxy) is 1. The number of hydrogen-bond donors (Lipinski definition) is 6. The lowest BCUT2D eigenvalue weighted by molar-refractivity contribution is -0.130. The van der Waals surface area contributed by atoms with Gasteiger partial charge in [-0.05, 0) is 74.9 Å². The van der Waals surface area contributed by atoms with Gasteiger partial charge >= 0.3 is 13.9 Å². The second kappa shape index (κ2) is 22.7. The number of aromatic amines is 2. The number of amides is 3. The first-order valence-corrected chi connectivity index (χ1v) is 22.7. The van der Waals surface area contributed by atoms with Crippen molar-refractivity contribution < 1.29 is 37.6 Å². The molecule has 2 heterocycles. The van der Waals surface area contributed by atoms with Gasteiger partial charge in [-0.25, -0.2) is 9.36 Å². The summed E-state index contributed by atoms with van der Waals surface area (Å²) in [5, 5.41) is 11.0. The van der Waals surface area contributed by atoms with Gasteiger partial charge in [-0.2, -0.15) is 0 Å². The van der Waals surface area contributed by atoms with Gasteiger partial charge in [0.1, 0.15) is 23.4 Å². The van der Waals surface area contributed by atoms with Crippen molar-refractivity contribution >= 4 is 59.1 Å². The number of halogens is 1. The third-order valence-electron chi connectivity index (χ3n) is 9.92. The van der Waals surface area contributed by atoms with Crippen molar-refractivity contribution in [3.05, 3.63) is 101 Å². The molecule has 0 aliphatic carbocycles. The average Bonchev–Trinajstić information content (AvgIpc) is 3.81. The topological polar surface area (TPSA) is 184 Å². The van der Waals surface area contributed by atoms with E-state index in [0.717, 1.165) is 90.9 Å². The second-order valence-electron chi connectivity index (χ2n) is 16.1. The number of rotatable bonds is 24. The van der Waals surface area contributed by atoms with E-state index in [1.54, 1.807) is 39.0 Å². The number of benzene rings is 3. The molecule has 60 heavy (non-hydrogen) atoms. The molecule has 1 unspecified atom stereocenters. The van der Waals surface area contributed by atoms with Gasteiger partial charge in [0.15, 0.2) is 0 Å². The minimum Gasteiger partial charge on any atom is -0.444 e. The average molecular weight is 864 g/mol. The van der Waals surface area contributed by atoms with Crippen LogP contribution in [-0.2, 0) is 36.3 Å². The number of phosphoric ester groups is 1. The van der Waals surface area contributed by atoms with E-state index in [2.05, 4.69) is 25.9 Å². The minimum atomic E-state index is -4.23. The summed E-state index contributed by atoms with van der Waals surface area (Å²) in [4.78, 5) is 57.3. The molecule has 5 aromatic rings. The van der Waals surface area contributed by atoms with Gasteiger partial charge < -0.3 is 35.2 Å². The molecule has 3 amide bonds. The summed E-state index contributed by atoms with van der Waals surface area (Å²) in [6.45, 7) is 5.87. The van der Waals surface area contributed by atoms with Gasteiger partial charge in [0.05, 0.1) is 11.6 Å². The normalized spacial score (nSPS) is 13.7. The lowest BCUT2D eigenvalue weighted by Crippen LogP contribution is -2.55. The first-order valence-electron chi connectivity index (χ1n) is 20.9. The second-order valence-corrected chi connectivity index (χ2v) is 17.8. The van der Waals surface area contributed by atoms with E-state index in [-0.39, 0.29) is 36.1 Å². The van der Waals surface area contributed by atoms with Crippen molar-refractivity contribution in [3.63, 3.8) is 0 Å². The largest absolute Gasteiger partial charge is 0.527 e. The van der Waals surface area contributed by atoms with Crippen molar-refractivity contribution in [1.82, 2.24) is 25.9 Å². The number of hydrogen-bond acceptors (Lipinski definition) is 7. The summed E-state index contributed by atoms with van der Waals surface area (Å²) < 4.78 is 27.9. The number of carbonyl (C=O) groups is 3. The maximum Gasteiger partial charge on any atom is 0.527 e. The third-order valence-corrected chi connectivity index (χ3v) is 11.2. The highest BCUT2D eigenvalue weighted by molar-refractivity contribution is 7.47. The Morgan fingerprint density at radius 3 is 2.08 bits per heavy atom. The number of phosphoric acid groups is 1. The zero-order valence-electron chi connectivity index (χ0n) is 34.8. The van der Waals surface area contributed by atoms with E-state index >= 15 is 0 Å². The fraction of sp³-hybridized carbons (Fsp3) is 0.444. The predicted octanol–water partition coefficient (Wildman–Crippen LogP) is 9.68. The fourth-order valence-electron chi connectivity index (χ4n) is 6.95. The molecule has 3 atom stereocenters. The van der Waals surface area contributed by atoms with Crippen LogP contribution in [0.3, 0.4) is 0 Å². The lowest BCUT2D eigenvalue weighted by Gasteiger charge is -2.25. The van der Waals surface area contributed by atoms with Crippen molar-refractivity contribution in [3.8, 4) is 5.75 Å². The number of fused-ring (bicyclic) bond motifs is 2. The van der Waals surface area contributed by atoms with Crippen LogP contribution >= 0.6 is 19.4 Å². The first-order chi connectivity index (χ1) is 28.8. The van der Waals surface area contributed by atoms with E-state index in [1.165, 1.54) is 6.07 Å². The summed E-state index contributed by atoms with van der Waals surface area (Å²) in [7, 11) is -4.23. The Bertz CT molecular complexity index is 2170. The number of carbonyl (C=O) groups excluding carboxylic acids is 3. The van der Waals surface area contributed by atoms with E-state index in [9.17, 15) is 23.8 Å². The van der Waals surface area contributed by atoms with Crippen molar-refractivity contribution in [2.75, 3.05) is 13.2 Å². The molecule has 15 heteroatoms. The summed E-state index contributed by atoms with van der Waals surface area (Å²) in [5.74, 6) is -0.681. The summed E-state index contributed by atoms with van der Waals surface area (Å²) in [6, 6.07) is 22.1. The number of H-pyrrole nitrogens is 2. The fourth-order valence-corrected chi connectivity index (χ4v) is 8.00. The highest BCUT2D eigenvalue weighted by atomic mass is 35.5. The maximum absolute atomic E-state index is 14.0. The maximum atomic E-state index is 14.0. The van der Waals surface area contributed by atoms with Crippen molar-refractivity contribution in [2.45, 2.75) is 116 Å². The van der Waals surface area contributed by atoms with Crippen LogP contribution in [0, 0.1) is 0 Å². The molecule has 2 aromatic heterocycles. The third kappa shape index (κ3) is 15.3. The van der Waals surface area contributed by atoms with Crippen LogP contribution in [0.25, 0.3) is 21.8 Å². The van der Waals surface area contributed by atoms with Crippen LogP contribution in [-0.4, -0.2) is 63.6 Å². The van der Waals surface area contributed by atoms with Crippen LogP contribution in [0.4, 0.5) is 4.79 Å². The Morgan fingerprint density at radius 2 is 1.38 bits per heavy atom. The molecule has 5 rings (SSSR count). The molecule has 0 saturated heterocycles. The molecular weight excluding hydrogens is 805 g/mol. The molecule has 0 aliphatic rings. The van der Waals surface area contributed by atoms with E-state index in [4.69, 9.17) is 25.4 Å². The van der Waals surface area contributed by atoms with Crippen LogP contribution in [0.5, 0.6) is 5.75 Å². The van der Waals surface area contributed by atoms with E-state index in [0.29, 0.717) is 13.0 Å². The number of aromatic nitrogens is 2. The lowest BCUT2D eigenvalue weighted by atomic mass is 10.0. The molecular formula is C45H59ClN5O8P. The summed E-state index contributed by atoms with van der Waals surface area (Å²) in [5.41, 5.74) is 2.72. The molecule has 0 spiro atoms. The number of alkyl carbamates (subject to hydrolysis) is 1. The Kier molecular flexibility index (Phi) is 17.5. The summed E-state index contributed by atoms with van der Waals surface area (Å²) >= 11 is 5.99. The van der Waals surface area contributed by atoms with Crippen molar-refractivity contribution in [2.24, 2.45) is 0 Å². The van der Waals surface area contributed by atoms with Crippen LogP contribution in [0.1, 0.15) is 96.2 Å². The van der Waals surface area contributed by atoms with Gasteiger partial charge in [-0.15, -0.1) is 0 Å². The van der Waals surface area contributed by atoms with Gasteiger partial charge in [-0.1, -0.05) is 111 Å². The van der Waals surface area contributed by atoms with Crippen LogP contribution < -0.4 is 20.5 Å². The quantitative estimate of drug-likeness (QED) is 0.0262. The molecule has 0 aliphatic heterocycles. The first kappa shape index (κ1) is 46.3. The van der Waals surface area contributed by atoms with Gasteiger partial charge in [0.25, 0.3) is 0 Å². The number of para-hydroxylation sites is 3.